The first kappa shape index (κ1) is 12.3. The maximum atomic E-state index is 9.17. The number of alkyl halides is 3. The maximum absolute atomic E-state index is 9.17. The van der Waals surface area contributed by atoms with Crippen molar-refractivity contribution in [3.8, 4) is 0 Å². The van der Waals surface area contributed by atoms with E-state index in [2.05, 4.69) is 0 Å². The molecule has 6 heteroatoms. The first-order valence-corrected chi connectivity index (χ1v) is 4.46. The van der Waals surface area contributed by atoms with Crippen molar-refractivity contribution in [3.05, 3.63) is 0 Å². The van der Waals surface area contributed by atoms with Crippen LogP contribution in [-0.2, 0) is 4.74 Å². The average Bonchev–Trinajstić information content (AvgIpc) is 1.85. The second-order valence-electron chi connectivity index (χ2n) is 2.12. The number of aliphatic hydroxyl groups is 1. The van der Waals surface area contributed by atoms with E-state index in [4.69, 9.17) is 50.1 Å². The van der Waals surface area contributed by atoms with Crippen molar-refractivity contribution < 1.29 is 9.84 Å². The van der Waals surface area contributed by atoms with Crippen LogP contribution in [-0.4, -0.2) is 27.5 Å². The highest BCUT2D eigenvalue weighted by Gasteiger charge is 2.31. The van der Waals surface area contributed by atoms with Gasteiger partial charge in [-0.15, -0.1) is 0 Å². The highest BCUT2D eigenvalue weighted by Crippen LogP contribution is 2.31. The Balaban J connectivity index is 3.84. The molecule has 0 aromatic heterocycles. The quantitative estimate of drug-likeness (QED) is 0.446. The topological polar surface area (TPSA) is 53.3 Å². The summed E-state index contributed by atoms with van der Waals surface area (Å²) in [7, 11) is 0. The summed E-state index contributed by atoms with van der Waals surface area (Å²) < 4.78 is 2.99. The number of hydrogen-bond acceptors (Lipinski definition) is 3. The number of rotatable bonds is 3. The summed E-state index contributed by atoms with van der Waals surface area (Å²) in [5, 5.41) is 16.3. The number of aliphatic hydroxyl groups excluding tert-OH is 1. The van der Waals surface area contributed by atoms with Crippen LogP contribution in [0.4, 0.5) is 0 Å². The maximum Gasteiger partial charge on any atom is 0.216 e. The largest absolute Gasteiger partial charge is 0.481 e. The third-order valence-corrected chi connectivity index (χ3v) is 1.83. The second kappa shape index (κ2) is 5.12. The third kappa shape index (κ3) is 5.04. The molecule has 0 aliphatic rings. The fourth-order valence-corrected chi connectivity index (χ4v) is 0.756. The highest BCUT2D eigenvalue weighted by atomic mass is 35.6. The van der Waals surface area contributed by atoms with Gasteiger partial charge in [0, 0.05) is 0 Å². The van der Waals surface area contributed by atoms with Gasteiger partial charge in [0.2, 0.25) is 3.79 Å². The van der Waals surface area contributed by atoms with Gasteiger partial charge in [-0.3, -0.25) is 5.41 Å². The van der Waals surface area contributed by atoms with E-state index in [1.54, 1.807) is 6.92 Å². The molecule has 0 aliphatic heterocycles. The summed E-state index contributed by atoms with van der Waals surface area (Å²) >= 11 is 16.1. The highest BCUT2D eigenvalue weighted by molar-refractivity contribution is 6.68. The van der Waals surface area contributed by atoms with Crippen LogP contribution in [0.5, 0.6) is 0 Å². The van der Waals surface area contributed by atoms with Crippen molar-refractivity contribution in [2.75, 3.05) is 6.61 Å². The predicted molar refractivity (Wildman–Crippen MR) is 50.3 cm³/mol. The molecule has 0 aromatic rings. The zero-order valence-electron chi connectivity index (χ0n) is 6.48. The van der Waals surface area contributed by atoms with Crippen molar-refractivity contribution in [1.29, 1.82) is 5.41 Å². The SMILES string of the molecule is CCOC(=N)CC(O)C(Cl)(Cl)Cl. The molecule has 0 heterocycles. The first-order valence-electron chi connectivity index (χ1n) is 3.33. The van der Waals surface area contributed by atoms with Gasteiger partial charge in [0.15, 0.2) is 5.90 Å². The van der Waals surface area contributed by atoms with E-state index in [9.17, 15) is 0 Å². The average molecular weight is 235 g/mol. The smallest absolute Gasteiger partial charge is 0.216 e. The lowest BCUT2D eigenvalue weighted by molar-refractivity contribution is 0.174. The lowest BCUT2D eigenvalue weighted by atomic mass is 10.3. The summed E-state index contributed by atoms with van der Waals surface area (Å²) in [6, 6.07) is 0. The van der Waals surface area contributed by atoms with Crippen LogP contribution in [0.25, 0.3) is 0 Å². The van der Waals surface area contributed by atoms with Crippen molar-refractivity contribution in [3.63, 3.8) is 0 Å². The molecule has 0 fully saturated rings. The van der Waals surface area contributed by atoms with Crippen LogP contribution in [0.1, 0.15) is 13.3 Å². The summed E-state index contributed by atoms with van der Waals surface area (Å²) in [6.45, 7) is 2.10. The molecule has 0 rings (SSSR count). The Hall–Kier alpha value is 0.300. The Bertz CT molecular complexity index is 157. The molecule has 0 bridgehead atoms. The van der Waals surface area contributed by atoms with Crippen LogP contribution >= 0.6 is 34.8 Å². The van der Waals surface area contributed by atoms with Gasteiger partial charge >= 0.3 is 0 Å². The third-order valence-electron chi connectivity index (χ3n) is 1.08. The zero-order chi connectivity index (χ0) is 9.78. The minimum atomic E-state index is -1.76. The number of nitrogens with one attached hydrogen (secondary N) is 1. The van der Waals surface area contributed by atoms with Crippen molar-refractivity contribution in [2.45, 2.75) is 23.2 Å². The summed E-state index contributed by atoms with van der Waals surface area (Å²) in [5.74, 6) is -0.0867. The zero-order valence-corrected chi connectivity index (χ0v) is 8.75. The first-order chi connectivity index (χ1) is 5.38. The van der Waals surface area contributed by atoms with Gasteiger partial charge in [0.25, 0.3) is 0 Å². The number of ether oxygens (including phenoxy) is 1. The number of hydrogen-bond donors (Lipinski definition) is 2. The Morgan fingerprint density at radius 3 is 2.42 bits per heavy atom. The van der Waals surface area contributed by atoms with E-state index in [-0.39, 0.29) is 12.3 Å². The molecule has 0 amide bonds. The standard InChI is InChI=1S/C6H10Cl3NO2/c1-2-12-5(10)3-4(11)6(7,8)9/h4,10-11H,2-3H2,1H3. The second-order valence-corrected chi connectivity index (χ2v) is 4.49. The van der Waals surface area contributed by atoms with Crippen molar-refractivity contribution in [2.24, 2.45) is 0 Å². The molecular weight excluding hydrogens is 224 g/mol. The summed E-state index contributed by atoms with van der Waals surface area (Å²) in [6.07, 6.45) is -1.30. The van der Waals surface area contributed by atoms with Crippen LogP contribution in [0.2, 0.25) is 0 Å². The molecule has 12 heavy (non-hydrogen) atoms. The van der Waals surface area contributed by atoms with E-state index in [0.717, 1.165) is 0 Å². The van der Waals surface area contributed by atoms with E-state index in [1.807, 2.05) is 0 Å². The van der Waals surface area contributed by atoms with Gasteiger partial charge < -0.3 is 9.84 Å². The van der Waals surface area contributed by atoms with Gasteiger partial charge in [-0.05, 0) is 6.92 Å². The van der Waals surface area contributed by atoms with Crippen LogP contribution in [0.15, 0.2) is 0 Å². The molecule has 0 saturated carbocycles. The molecule has 0 spiro atoms. The van der Waals surface area contributed by atoms with E-state index in [0.29, 0.717) is 6.61 Å². The molecule has 1 atom stereocenters. The molecule has 0 aliphatic carbocycles. The molecule has 0 aromatic carbocycles. The molecule has 0 saturated heterocycles. The van der Waals surface area contributed by atoms with Gasteiger partial charge in [-0.25, -0.2) is 0 Å². The Labute approximate surface area is 86.1 Å². The molecule has 2 N–H and O–H groups in total. The van der Waals surface area contributed by atoms with Crippen molar-refractivity contribution >= 4 is 40.7 Å². The Morgan fingerprint density at radius 2 is 2.08 bits per heavy atom. The molecule has 72 valence electrons. The minimum Gasteiger partial charge on any atom is -0.481 e. The monoisotopic (exact) mass is 233 g/mol. The van der Waals surface area contributed by atoms with Crippen LogP contribution in [0.3, 0.4) is 0 Å². The lowest BCUT2D eigenvalue weighted by Gasteiger charge is -2.18. The predicted octanol–water partition coefficient (Wildman–Crippen LogP) is 2.12. The lowest BCUT2D eigenvalue weighted by Crippen LogP contribution is -2.28. The van der Waals surface area contributed by atoms with Gasteiger partial charge in [0.1, 0.15) is 6.10 Å². The van der Waals surface area contributed by atoms with Crippen molar-refractivity contribution in [1.82, 2.24) is 0 Å². The minimum absolute atomic E-state index is 0.0867. The molecule has 0 radical (unpaired) electrons. The van der Waals surface area contributed by atoms with E-state index in [1.165, 1.54) is 0 Å². The van der Waals surface area contributed by atoms with Gasteiger partial charge in [0.05, 0.1) is 13.0 Å². The van der Waals surface area contributed by atoms with Gasteiger partial charge in [-0.1, -0.05) is 34.8 Å². The fourth-order valence-electron chi connectivity index (χ4n) is 0.524. The fraction of sp³-hybridized carbons (Fsp3) is 0.833. The summed E-state index contributed by atoms with van der Waals surface area (Å²) in [4.78, 5) is 0. The normalized spacial score (nSPS) is 14.1. The number of halogens is 3. The molecule has 3 nitrogen and oxygen atoms in total. The Kier molecular flexibility index (Phi) is 5.25. The Morgan fingerprint density at radius 1 is 1.58 bits per heavy atom. The molecule has 1 unspecified atom stereocenters. The van der Waals surface area contributed by atoms with Crippen LogP contribution in [0, 0.1) is 5.41 Å². The van der Waals surface area contributed by atoms with E-state index >= 15 is 0 Å². The van der Waals surface area contributed by atoms with Crippen LogP contribution < -0.4 is 0 Å². The summed E-state index contributed by atoms with van der Waals surface area (Å²) in [5.41, 5.74) is 0. The molecular formula is C6H10Cl3NO2. The van der Waals surface area contributed by atoms with E-state index < -0.39 is 9.90 Å². The van der Waals surface area contributed by atoms with Gasteiger partial charge in [-0.2, -0.15) is 0 Å².